The minimum atomic E-state index is -0.500. The normalized spacial score (nSPS) is 11.7. The number of aromatic nitrogens is 2. The Hall–Kier alpha value is -2.83. The molecule has 1 heterocycles. The summed E-state index contributed by atoms with van der Waals surface area (Å²) in [6.07, 6.45) is 3.05. The molecule has 2 amide bonds. The van der Waals surface area contributed by atoms with E-state index in [0.717, 1.165) is 11.3 Å². The van der Waals surface area contributed by atoms with Gasteiger partial charge in [-0.2, -0.15) is 0 Å². The smallest absolute Gasteiger partial charge is 0.224 e. The molecule has 6 nitrogen and oxygen atoms in total. The molecule has 1 aromatic carbocycles. The largest absolute Gasteiger partial charge is 0.337 e. The van der Waals surface area contributed by atoms with Crippen LogP contribution in [0.5, 0.6) is 0 Å². The second-order valence-corrected chi connectivity index (χ2v) is 5.85. The van der Waals surface area contributed by atoms with Crippen LogP contribution < -0.4 is 5.32 Å². The van der Waals surface area contributed by atoms with E-state index in [0.29, 0.717) is 0 Å². The van der Waals surface area contributed by atoms with E-state index in [1.165, 1.54) is 17.3 Å². The molecule has 1 atom stereocenters. The summed E-state index contributed by atoms with van der Waals surface area (Å²) in [6.45, 7) is 3.66. The molecule has 1 aromatic heterocycles. The summed E-state index contributed by atoms with van der Waals surface area (Å²) in [5, 5.41) is 2.50. The zero-order valence-corrected chi connectivity index (χ0v) is 14.5. The lowest BCUT2D eigenvalue weighted by Crippen LogP contribution is -2.30. The number of hydrogen-bond acceptors (Lipinski definition) is 4. The summed E-state index contributed by atoms with van der Waals surface area (Å²) in [6, 6.07) is 5.98. The molecule has 0 aliphatic rings. The summed E-state index contributed by atoms with van der Waals surface area (Å²) in [7, 11) is 1.66. The maximum atomic E-state index is 13.6. The van der Waals surface area contributed by atoms with Gasteiger partial charge in [-0.1, -0.05) is 6.07 Å². The first-order valence-corrected chi connectivity index (χ1v) is 7.96. The predicted octanol–water partition coefficient (Wildman–Crippen LogP) is 2.86. The van der Waals surface area contributed by atoms with Crippen LogP contribution in [-0.2, 0) is 9.59 Å². The average molecular weight is 344 g/mol. The second kappa shape index (κ2) is 8.32. The summed E-state index contributed by atoms with van der Waals surface area (Å²) < 4.78 is 13.6. The molecule has 0 saturated heterocycles. The van der Waals surface area contributed by atoms with Gasteiger partial charge in [-0.15, -0.1) is 0 Å². The Balaban J connectivity index is 1.88. The molecule has 1 unspecified atom stereocenters. The van der Waals surface area contributed by atoms with Gasteiger partial charge in [0.25, 0.3) is 0 Å². The van der Waals surface area contributed by atoms with Crippen molar-refractivity contribution in [1.82, 2.24) is 14.9 Å². The highest BCUT2D eigenvalue weighted by Crippen LogP contribution is 2.18. The van der Waals surface area contributed by atoms with E-state index in [2.05, 4.69) is 15.3 Å². The molecule has 0 fully saturated rings. The van der Waals surface area contributed by atoms with E-state index in [1.807, 2.05) is 13.8 Å². The van der Waals surface area contributed by atoms with Gasteiger partial charge in [0.15, 0.2) is 0 Å². The Morgan fingerprint density at radius 2 is 2.04 bits per heavy atom. The highest BCUT2D eigenvalue weighted by Gasteiger charge is 2.19. The molecule has 2 rings (SSSR count). The highest BCUT2D eigenvalue weighted by atomic mass is 19.1. The SMILES string of the molecule is Cc1ccc(F)c(NC(=O)CCC(=O)N(C)C(C)c2ccncn2)c1. The number of amides is 2. The van der Waals surface area contributed by atoms with Crippen molar-refractivity contribution in [2.24, 2.45) is 0 Å². The van der Waals surface area contributed by atoms with Gasteiger partial charge in [0.1, 0.15) is 12.1 Å². The number of halogens is 1. The topological polar surface area (TPSA) is 75.2 Å². The summed E-state index contributed by atoms with van der Waals surface area (Å²) in [4.78, 5) is 33.7. The van der Waals surface area contributed by atoms with Gasteiger partial charge in [-0.3, -0.25) is 9.59 Å². The monoisotopic (exact) mass is 344 g/mol. The number of carbonyl (C=O) groups excluding carboxylic acids is 2. The molecular weight excluding hydrogens is 323 g/mol. The number of nitrogens with one attached hydrogen (secondary N) is 1. The van der Waals surface area contributed by atoms with Crippen LogP contribution in [0.25, 0.3) is 0 Å². The Morgan fingerprint density at radius 1 is 1.28 bits per heavy atom. The van der Waals surface area contributed by atoms with E-state index in [9.17, 15) is 14.0 Å². The third-order valence-corrected chi connectivity index (χ3v) is 3.97. The molecule has 0 aliphatic heterocycles. The summed E-state index contributed by atoms with van der Waals surface area (Å²) >= 11 is 0. The summed E-state index contributed by atoms with van der Waals surface area (Å²) in [5.74, 6) is -1.09. The van der Waals surface area contributed by atoms with Crippen LogP contribution in [0.3, 0.4) is 0 Å². The Bertz CT molecular complexity index is 752. The average Bonchev–Trinajstić information content (AvgIpc) is 2.62. The number of rotatable bonds is 6. The van der Waals surface area contributed by atoms with E-state index in [-0.39, 0.29) is 30.5 Å². The van der Waals surface area contributed by atoms with E-state index >= 15 is 0 Å². The molecule has 7 heteroatoms. The second-order valence-electron chi connectivity index (χ2n) is 5.85. The number of carbonyl (C=O) groups is 2. The quantitative estimate of drug-likeness (QED) is 0.874. The molecular formula is C18H21FN4O2. The standard InChI is InChI=1S/C18H21FN4O2/c1-12-4-5-14(19)16(10-12)22-17(24)6-7-18(25)23(3)13(2)15-8-9-20-11-21-15/h4-5,8-11,13H,6-7H2,1-3H3,(H,22,24). The lowest BCUT2D eigenvalue weighted by atomic mass is 10.1. The van der Waals surface area contributed by atoms with Crippen LogP contribution in [0.1, 0.15) is 37.1 Å². The zero-order chi connectivity index (χ0) is 18.4. The maximum absolute atomic E-state index is 13.6. The van der Waals surface area contributed by atoms with Crippen molar-refractivity contribution >= 4 is 17.5 Å². The fraction of sp³-hybridized carbons (Fsp3) is 0.333. The van der Waals surface area contributed by atoms with Gasteiger partial charge in [0.2, 0.25) is 11.8 Å². The van der Waals surface area contributed by atoms with Crippen LogP contribution in [-0.4, -0.2) is 33.7 Å². The van der Waals surface area contributed by atoms with Crippen molar-refractivity contribution in [2.75, 3.05) is 12.4 Å². The van der Waals surface area contributed by atoms with Gasteiger partial charge in [-0.05, 0) is 37.6 Å². The minimum Gasteiger partial charge on any atom is -0.337 e. The molecule has 0 saturated carbocycles. The van der Waals surface area contributed by atoms with E-state index in [1.54, 1.807) is 31.4 Å². The van der Waals surface area contributed by atoms with Gasteiger partial charge in [0, 0.05) is 26.1 Å². The zero-order valence-electron chi connectivity index (χ0n) is 14.5. The van der Waals surface area contributed by atoms with Crippen molar-refractivity contribution in [3.63, 3.8) is 0 Å². The first kappa shape index (κ1) is 18.5. The van der Waals surface area contributed by atoms with Crippen LogP contribution in [0, 0.1) is 12.7 Å². The third-order valence-electron chi connectivity index (χ3n) is 3.97. The van der Waals surface area contributed by atoms with Gasteiger partial charge in [0.05, 0.1) is 17.4 Å². The predicted molar refractivity (Wildman–Crippen MR) is 92.2 cm³/mol. The van der Waals surface area contributed by atoms with Crippen LogP contribution in [0.2, 0.25) is 0 Å². The molecule has 0 radical (unpaired) electrons. The van der Waals surface area contributed by atoms with Gasteiger partial charge >= 0.3 is 0 Å². The fourth-order valence-corrected chi connectivity index (χ4v) is 2.31. The molecule has 132 valence electrons. The molecule has 25 heavy (non-hydrogen) atoms. The van der Waals surface area contributed by atoms with Crippen molar-refractivity contribution in [2.45, 2.75) is 32.7 Å². The lowest BCUT2D eigenvalue weighted by Gasteiger charge is -2.24. The Kier molecular flexibility index (Phi) is 6.16. The molecule has 0 spiro atoms. The maximum Gasteiger partial charge on any atom is 0.224 e. The van der Waals surface area contributed by atoms with Crippen molar-refractivity contribution in [3.8, 4) is 0 Å². The van der Waals surface area contributed by atoms with E-state index in [4.69, 9.17) is 0 Å². The molecule has 1 N–H and O–H groups in total. The van der Waals surface area contributed by atoms with Crippen LogP contribution in [0.4, 0.5) is 10.1 Å². The number of aryl methyl sites for hydroxylation is 1. The third kappa shape index (κ3) is 5.07. The molecule has 0 aliphatic carbocycles. The first-order valence-electron chi connectivity index (χ1n) is 7.96. The molecule has 0 bridgehead atoms. The van der Waals surface area contributed by atoms with Crippen LogP contribution >= 0.6 is 0 Å². The van der Waals surface area contributed by atoms with Gasteiger partial charge < -0.3 is 10.2 Å². The Labute approximate surface area is 146 Å². The highest BCUT2D eigenvalue weighted by molar-refractivity contribution is 5.93. The minimum absolute atomic E-state index is 0.0208. The summed E-state index contributed by atoms with van der Waals surface area (Å²) in [5.41, 5.74) is 1.68. The van der Waals surface area contributed by atoms with Crippen LogP contribution in [0.15, 0.2) is 36.8 Å². The van der Waals surface area contributed by atoms with Crippen molar-refractivity contribution < 1.29 is 14.0 Å². The number of benzene rings is 1. The first-order chi connectivity index (χ1) is 11.9. The number of hydrogen-bond donors (Lipinski definition) is 1. The fourth-order valence-electron chi connectivity index (χ4n) is 2.31. The van der Waals surface area contributed by atoms with Gasteiger partial charge in [-0.25, -0.2) is 14.4 Å². The molecule has 2 aromatic rings. The number of nitrogens with zero attached hydrogens (tertiary/aromatic N) is 3. The van der Waals surface area contributed by atoms with Crippen molar-refractivity contribution in [1.29, 1.82) is 0 Å². The van der Waals surface area contributed by atoms with Crippen molar-refractivity contribution in [3.05, 3.63) is 53.9 Å². The lowest BCUT2D eigenvalue weighted by molar-refractivity contribution is -0.133. The number of anilines is 1. The van der Waals surface area contributed by atoms with E-state index < -0.39 is 11.7 Å². The Morgan fingerprint density at radius 3 is 2.72 bits per heavy atom.